The van der Waals surface area contributed by atoms with Gasteiger partial charge >= 0.3 is 0 Å². The highest BCUT2D eigenvalue weighted by Gasteiger charge is 2.17. The number of pyridine rings is 1. The lowest BCUT2D eigenvalue weighted by molar-refractivity contribution is -0.384. The molecule has 148 valence electrons. The third-order valence-electron chi connectivity index (χ3n) is 4.03. The van der Waals surface area contributed by atoms with E-state index in [-0.39, 0.29) is 29.2 Å². The van der Waals surface area contributed by atoms with Crippen LogP contribution < -0.4 is 15.4 Å². The average Bonchev–Trinajstić information content (AvgIpc) is 2.74. The fourth-order valence-corrected chi connectivity index (χ4v) is 2.59. The highest BCUT2D eigenvalue weighted by atomic mass is 19.1. The summed E-state index contributed by atoms with van der Waals surface area (Å²) in [4.78, 5) is 26.3. The number of benzene rings is 2. The van der Waals surface area contributed by atoms with Crippen LogP contribution >= 0.6 is 0 Å². The van der Waals surface area contributed by atoms with Gasteiger partial charge < -0.3 is 15.4 Å². The molecule has 0 bridgehead atoms. The van der Waals surface area contributed by atoms with E-state index in [4.69, 9.17) is 4.74 Å². The topological polar surface area (TPSA) is 106 Å². The number of anilines is 1. The molecule has 0 fully saturated rings. The second kappa shape index (κ2) is 8.79. The van der Waals surface area contributed by atoms with Crippen molar-refractivity contribution in [2.24, 2.45) is 0 Å². The summed E-state index contributed by atoms with van der Waals surface area (Å²) in [7, 11) is 1.44. The van der Waals surface area contributed by atoms with Crippen LogP contribution in [0.15, 0.2) is 60.9 Å². The number of halogens is 1. The van der Waals surface area contributed by atoms with Crippen molar-refractivity contribution in [3.63, 3.8) is 0 Å². The van der Waals surface area contributed by atoms with Crippen molar-refractivity contribution < 1.29 is 18.8 Å². The second-order valence-corrected chi connectivity index (χ2v) is 5.98. The van der Waals surface area contributed by atoms with Gasteiger partial charge in [0.2, 0.25) is 0 Å². The lowest BCUT2D eigenvalue weighted by Gasteiger charge is -2.10. The Labute approximate surface area is 165 Å². The quantitative estimate of drug-likeness (QED) is 0.463. The van der Waals surface area contributed by atoms with Crippen LogP contribution in [0, 0.1) is 15.9 Å². The number of nitrogens with one attached hydrogen (secondary N) is 2. The lowest BCUT2D eigenvalue weighted by atomic mass is 10.1. The lowest BCUT2D eigenvalue weighted by Crippen LogP contribution is -2.18. The molecule has 0 aliphatic rings. The fourth-order valence-electron chi connectivity index (χ4n) is 2.59. The zero-order chi connectivity index (χ0) is 20.8. The number of nitro groups is 1. The standard InChI is InChI=1S/C20H17FN4O4/c1-22-20(26)14-5-6-17(18(10-14)25(27)28)24-11-13-4-7-19(16(21)9-13)29-15-3-2-8-23-12-15/h2-10,12,24H,11H2,1H3,(H,22,26). The van der Waals surface area contributed by atoms with Crippen molar-refractivity contribution in [3.8, 4) is 11.5 Å². The molecule has 1 aromatic heterocycles. The van der Waals surface area contributed by atoms with Gasteiger partial charge in [0.1, 0.15) is 11.4 Å². The van der Waals surface area contributed by atoms with E-state index >= 15 is 0 Å². The van der Waals surface area contributed by atoms with E-state index in [9.17, 15) is 19.3 Å². The predicted octanol–water partition coefficient (Wildman–Crippen LogP) is 3.89. The predicted molar refractivity (Wildman–Crippen MR) is 105 cm³/mol. The zero-order valence-electron chi connectivity index (χ0n) is 15.4. The number of ether oxygens (including phenoxy) is 1. The molecule has 9 heteroatoms. The van der Waals surface area contributed by atoms with E-state index in [1.807, 2.05) is 0 Å². The van der Waals surface area contributed by atoms with Crippen LogP contribution in [-0.4, -0.2) is 22.9 Å². The average molecular weight is 396 g/mol. The number of carbonyl (C=O) groups excluding carboxylic acids is 1. The third-order valence-corrected chi connectivity index (χ3v) is 4.03. The number of nitro benzene ring substituents is 1. The third kappa shape index (κ3) is 4.83. The first-order valence-corrected chi connectivity index (χ1v) is 8.58. The Morgan fingerprint density at radius 1 is 1.24 bits per heavy atom. The van der Waals surface area contributed by atoms with Crippen LogP contribution in [0.4, 0.5) is 15.8 Å². The summed E-state index contributed by atoms with van der Waals surface area (Å²) in [6.45, 7) is 0.143. The van der Waals surface area contributed by atoms with Crippen molar-refractivity contribution in [3.05, 3.63) is 88.0 Å². The molecule has 3 aromatic rings. The molecular formula is C20H17FN4O4. The van der Waals surface area contributed by atoms with Gasteiger partial charge in [0, 0.05) is 31.4 Å². The van der Waals surface area contributed by atoms with Gasteiger partial charge in [-0.05, 0) is 42.0 Å². The first-order valence-electron chi connectivity index (χ1n) is 8.58. The van der Waals surface area contributed by atoms with Crippen molar-refractivity contribution in [1.82, 2.24) is 10.3 Å². The molecule has 2 N–H and O–H groups in total. The minimum atomic E-state index is -0.583. The molecular weight excluding hydrogens is 379 g/mol. The number of rotatable bonds is 7. The van der Waals surface area contributed by atoms with Gasteiger partial charge in [-0.3, -0.25) is 19.9 Å². The Kier molecular flexibility index (Phi) is 5.98. The number of hydrogen-bond donors (Lipinski definition) is 2. The molecule has 8 nitrogen and oxygen atoms in total. The van der Waals surface area contributed by atoms with E-state index in [0.717, 1.165) is 0 Å². The largest absolute Gasteiger partial charge is 0.453 e. The summed E-state index contributed by atoms with van der Waals surface area (Å²) in [5.74, 6) is -0.546. The summed E-state index contributed by atoms with van der Waals surface area (Å²) >= 11 is 0. The summed E-state index contributed by atoms with van der Waals surface area (Å²) < 4.78 is 19.8. The van der Waals surface area contributed by atoms with Gasteiger partial charge in [-0.1, -0.05) is 6.07 Å². The van der Waals surface area contributed by atoms with Crippen LogP contribution in [0.3, 0.4) is 0 Å². The molecule has 0 atom stereocenters. The smallest absolute Gasteiger partial charge is 0.293 e. The Bertz CT molecular complexity index is 1040. The minimum absolute atomic E-state index is 0.0441. The van der Waals surface area contributed by atoms with Crippen LogP contribution in [0.5, 0.6) is 11.5 Å². The Morgan fingerprint density at radius 3 is 2.72 bits per heavy atom. The minimum Gasteiger partial charge on any atom is -0.453 e. The SMILES string of the molecule is CNC(=O)c1ccc(NCc2ccc(Oc3cccnc3)c(F)c2)c([N+](=O)[O-])c1. The Balaban J connectivity index is 1.73. The summed E-state index contributed by atoms with van der Waals surface area (Å²) in [6, 6.07) is 11.8. The van der Waals surface area contributed by atoms with E-state index in [2.05, 4.69) is 15.6 Å². The van der Waals surface area contributed by atoms with Gasteiger partial charge in [0.05, 0.1) is 11.1 Å². The first-order chi connectivity index (χ1) is 14.0. The second-order valence-electron chi connectivity index (χ2n) is 5.98. The van der Waals surface area contributed by atoms with E-state index in [1.165, 1.54) is 43.6 Å². The maximum Gasteiger partial charge on any atom is 0.293 e. The van der Waals surface area contributed by atoms with Crippen LogP contribution in [0.25, 0.3) is 0 Å². The molecule has 0 aliphatic heterocycles. The van der Waals surface area contributed by atoms with Gasteiger partial charge in [-0.2, -0.15) is 0 Å². The van der Waals surface area contributed by atoms with Crippen LogP contribution in [0.1, 0.15) is 15.9 Å². The van der Waals surface area contributed by atoms with Crippen LogP contribution in [-0.2, 0) is 6.54 Å². The molecule has 2 aromatic carbocycles. The van der Waals surface area contributed by atoms with E-state index < -0.39 is 16.6 Å². The fraction of sp³-hybridized carbons (Fsp3) is 0.100. The summed E-state index contributed by atoms with van der Waals surface area (Å²) in [5.41, 5.74) is 0.709. The number of amides is 1. The number of carbonyl (C=O) groups is 1. The first kappa shape index (κ1) is 19.7. The van der Waals surface area contributed by atoms with Crippen LogP contribution in [0.2, 0.25) is 0 Å². The highest BCUT2D eigenvalue weighted by molar-refractivity contribution is 5.95. The molecule has 3 rings (SSSR count). The van der Waals surface area contributed by atoms with Crippen molar-refractivity contribution in [2.45, 2.75) is 6.54 Å². The van der Waals surface area contributed by atoms with Gasteiger partial charge in [0.25, 0.3) is 11.6 Å². The molecule has 29 heavy (non-hydrogen) atoms. The highest BCUT2D eigenvalue weighted by Crippen LogP contribution is 2.28. The molecule has 0 spiro atoms. The molecule has 0 saturated carbocycles. The number of hydrogen-bond acceptors (Lipinski definition) is 6. The molecule has 0 saturated heterocycles. The van der Waals surface area contributed by atoms with Gasteiger partial charge in [-0.15, -0.1) is 0 Å². The molecule has 0 radical (unpaired) electrons. The monoisotopic (exact) mass is 396 g/mol. The van der Waals surface area contributed by atoms with Crippen molar-refractivity contribution in [1.29, 1.82) is 0 Å². The number of aromatic nitrogens is 1. The van der Waals surface area contributed by atoms with E-state index in [1.54, 1.807) is 24.4 Å². The van der Waals surface area contributed by atoms with Gasteiger partial charge in [0.15, 0.2) is 11.6 Å². The summed E-state index contributed by atoms with van der Waals surface area (Å²) in [5, 5.41) is 16.6. The molecule has 0 aliphatic carbocycles. The molecule has 0 unspecified atom stereocenters. The summed E-state index contributed by atoms with van der Waals surface area (Å²) in [6.07, 6.45) is 3.05. The maximum absolute atomic E-state index is 14.3. The number of nitrogens with zero attached hydrogens (tertiary/aromatic N) is 2. The maximum atomic E-state index is 14.3. The zero-order valence-corrected chi connectivity index (χ0v) is 15.4. The van der Waals surface area contributed by atoms with Gasteiger partial charge in [-0.25, -0.2) is 4.39 Å². The molecule has 1 amide bonds. The normalized spacial score (nSPS) is 10.3. The Hall–Kier alpha value is -4.01. The Morgan fingerprint density at radius 2 is 2.07 bits per heavy atom. The molecule has 1 heterocycles. The van der Waals surface area contributed by atoms with Crippen molar-refractivity contribution in [2.75, 3.05) is 12.4 Å². The van der Waals surface area contributed by atoms with E-state index in [0.29, 0.717) is 11.3 Å². The van der Waals surface area contributed by atoms with Crippen molar-refractivity contribution >= 4 is 17.3 Å².